The molecule has 0 aliphatic carbocycles. The molecule has 0 amide bonds. The number of carbonyl (C=O) groups is 2. The van der Waals surface area contributed by atoms with E-state index in [1.807, 2.05) is 23.7 Å². The van der Waals surface area contributed by atoms with Crippen molar-refractivity contribution in [2.24, 2.45) is 0 Å². The van der Waals surface area contributed by atoms with Crippen LogP contribution < -0.4 is 0 Å². The van der Waals surface area contributed by atoms with Crippen LogP contribution in [0.4, 0.5) is 0 Å². The molecule has 0 saturated carbocycles. The Balaban J connectivity index is 2.00. The lowest BCUT2D eigenvalue weighted by Crippen LogP contribution is -2.19. The predicted molar refractivity (Wildman–Crippen MR) is 90.6 cm³/mol. The van der Waals surface area contributed by atoms with Crippen LogP contribution >= 0.6 is 0 Å². The minimum atomic E-state index is -1.01. The zero-order valence-corrected chi connectivity index (χ0v) is 14.1. The highest BCUT2D eigenvalue weighted by molar-refractivity contribution is 5.84. The molecule has 2 atom stereocenters. The molecule has 1 aromatic heterocycles. The van der Waals surface area contributed by atoms with E-state index in [-0.39, 0.29) is 19.1 Å². The number of carboxylic acid groups (broad SMARTS) is 2. The molecule has 134 valence electrons. The zero-order valence-electron chi connectivity index (χ0n) is 14.1. The first kappa shape index (κ1) is 17.4. The molecular weight excluding hydrogens is 324 g/mol. The van der Waals surface area contributed by atoms with Crippen molar-refractivity contribution in [1.29, 1.82) is 0 Å². The minimum absolute atomic E-state index is 0.0606. The molecule has 1 aliphatic heterocycles. The fraction of sp³-hybridized carbons (Fsp3) is 0.500. The van der Waals surface area contributed by atoms with Crippen molar-refractivity contribution in [2.75, 3.05) is 6.61 Å². The fourth-order valence-electron chi connectivity index (χ4n) is 3.42. The number of fused-ring (bicyclic) bond motifs is 1. The number of rotatable bonds is 6. The number of aryl methyl sites for hydroxylation is 1. The van der Waals surface area contributed by atoms with Gasteiger partial charge in [0.05, 0.1) is 17.6 Å². The Hall–Kier alpha value is -2.41. The van der Waals surface area contributed by atoms with Gasteiger partial charge < -0.3 is 14.9 Å². The summed E-state index contributed by atoms with van der Waals surface area (Å²) in [4.78, 5) is 22.5. The Morgan fingerprint density at radius 3 is 2.80 bits per heavy atom. The van der Waals surface area contributed by atoms with Gasteiger partial charge in [-0.2, -0.15) is 5.10 Å². The molecule has 2 heterocycles. The second kappa shape index (κ2) is 7.23. The third kappa shape index (κ3) is 3.66. The number of hydrogen-bond donors (Lipinski definition) is 2. The van der Waals surface area contributed by atoms with Gasteiger partial charge in [-0.15, -0.1) is 0 Å². The Bertz CT molecular complexity index is 792. The van der Waals surface area contributed by atoms with Crippen LogP contribution in [0.5, 0.6) is 0 Å². The quantitative estimate of drug-likeness (QED) is 0.833. The second-order valence-electron chi connectivity index (χ2n) is 6.50. The van der Waals surface area contributed by atoms with Crippen LogP contribution in [0.25, 0.3) is 10.9 Å². The summed E-state index contributed by atoms with van der Waals surface area (Å²) >= 11 is 0. The zero-order chi connectivity index (χ0) is 18.0. The van der Waals surface area contributed by atoms with Crippen molar-refractivity contribution in [3.8, 4) is 0 Å². The largest absolute Gasteiger partial charge is 0.481 e. The predicted octanol–water partition coefficient (Wildman–Crippen LogP) is 3.08. The lowest BCUT2D eigenvalue weighted by atomic mass is 9.90. The van der Waals surface area contributed by atoms with Gasteiger partial charge in [-0.25, -0.2) is 4.68 Å². The van der Waals surface area contributed by atoms with Gasteiger partial charge in [-0.1, -0.05) is 0 Å². The number of hydrogen-bond acceptors (Lipinski definition) is 4. The normalized spacial score (nSPS) is 19.0. The molecule has 0 spiro atoms. The fourth-order valence-corrected chi connectivity index (χ4v) is 3.42. The SMILES string of the molecule is Cc1cc2cnn(C3CCCCO3)c2cc1C(CCC(=O)O)C(=O)O. The molecule has 1 fully saturated rings. The van der Waals surface area contributed by atoms with E-state index in [1.54, 1.807) is 6.20 Å². The molecular formula is C18H22N2O5. The van der Waals surface area contributed by atoms with E-state index in [0.29, 0.717) is 12.2 Å². The lowest BCUT2D eigenvalue weighted by Gasteiger charge is -2.24. The molecule has 25 heavy (non-hydrogen) atoms. The summed E-state index contributed by atoms with van der Waals surface area (Å²) in [5.41, 5.74) is 2.29. The van der Waals surface area contributed by atoms with Crippen molar-refractivity contribution in [1.82, 2.24) is 9.78 Å². The highest BCUT2D eigenvalue weighted by atomic mass is 16.5. The molecule has 1 saturated heterocycles. The number of nitrogens with zero attached hydrogens (tertiary/aromatic N) is 2. The third-order valence-corrected chi connectivity index (χ3v) is 4.73. The molecule has 2 N–H and O–H groups in total. The highest BCUT2D eigenvalue weighted by Gasteiger charge is 2.25. The Labute approximate surface area is 145 Å². The summed E-state index contributed by atoms with van der Waals surface area (Å²) in [6.07, 6.45) is 4.49. The van der Waals surface area contributed by atoms with Crippen LogP contribution in [0, 0.1) is 6.92 Å². The van der Waals surface area contributed by atoms with Gasteiger partial charge in [0.15, 0.2) is 6.23 Å². The van der Waals surface area contributed by atoms with E-state index < -0.39 is 17.9 Å². The van der Waals surface area contributed by atoms with Crippen molar-refractivity contribution >= 4 is 22.8 Å². The van der Waals surface area contributed by atoms with Crippen molar-refractivity contribution < 1.29 is 24.5 Å². The van der Waals surface area contributed by atoms with E-state index in [4.69, 9.17) is 9.84 Å². The van der Waals surface area contributed by atoms with Crippen LogP contribution in [0.2, 0.25) is 0 Å². The van der Waals surface area contributed by atoms with Gasteiger partial charge >= 0.3 is 11.9 Å². The monoisotopic (exact) mass is 346 g/mol. The maximum Gasteiger partial charge on any atom is 0.310 e. The van der Waals surface area contributed by atoms with E-state index >= 15 is 0 Å². The van der Waals surface area contributed by atoms with Crippen LogP contribution in [-0.2, 0) is 14.3 Å². The molecule has 7 nitrogen and oxygen atoms in total. The highest BCUT2D eigenvalue weighted by Crippen LogP contribution is 2.32. The summed E-state index contributed by atoms with van der Waals surface area (Å²) in [6, 6.07) is 3.74. The van der Waals surface area contributed by atoms with Gasteiger partial charge in [-0.3, -0.25) is 9.59 Å². The van der Waals surface area contributed by atoms with E-state index in [2.05, 4.69) is 5.10 Å². The topological polar surface area (TPSA) is 102 Å². The lowest BCUT2D eigenvalue weighted by molar-refractivity contribution is -0.140. The maximum absolute atomic E-state index is 11.7. The molecule has 0 radical (unpaired) electrons. The molecule has 3 rings (SSSR count). The summed E-state index contributed by atoms with van der Waals surface area (Å²) in [6.45, 7) is 2.54. The van der Waals surface area contributed by atoms with Crippen LogP contribution in [0.1, 0.15) is 55.4 Å². The maximum atomic E-state index is 11.7. The molecule has 2 aromatic rings. The van der Waals surface area contributed by atoms with Crippen molar-refractivity contribution in [2.45, 2.75) is 51.2 Å². The Kier molecular flexibility index (Phi) is 5.03. The molecule has 1 aromatic carbocycles. The van der Waals surface area contributed by atoms with Gasteiger partial charge in [0.2, 0.25) is 0 Å². The Morgan fingerprint density at radius 1 is 1.36 bits per heavy atom. The average Bonchev–Trinajstić information content (AvgIpc) is 2.98. The van der Waals surface area contributed by atoms with Crippen LogP contribution in [0.15, 0.2) is 18.3 Å². The van der Waals surface area contributed by atoms with Crippen LogP contribution in [0.3, 0.4) is 0 Å². The first-order valence-corrected chi connectivity index (χ1v) is 8.51. The van der Waals surface area contributed by atoms with E-state index in [0.717, 1.165) is 35.7 Å². The minimum Gasteiger partial charge on any atom is -0.481 e. The first-order valence-electron chi connectivity index (χ1n) is 8.51. The summed E-state index contributed by atoms with van der Waals surface area (Å²) < 4.78 is 7.61. The number of ether oxygens (including phenoxy) is 1. The van der Waals surface area contributed by atoms with Gasteiger partial charge in [0, 0.05) is 18.4 Å². The summed E-state index contributed by atoms with van der Waals surface area (Å²) in [7, 11) is 0. The van der Waals surface area contributed by atoms with Gasteiger partial charge in [0.25, 0.3) is 0 Å². The third-order valence-electron chi connectivity index (χ3n) is 4.73. The molecule has 0 bridgehead atoms. The van der Waals surface area contributed by atoms with Gasteiger partial charge in [0.1, 0.15) is 0 Å². The standard InChI is InChI=1S/C18H22N2O5/c1-11-8-12-10-19-20(16-4-2-3-7-25-16)15(12)9-14(11)13(18(23)24)5-6-17(21)22/h8-10,13,16H,2-7H2,1H3,(H,21,22)(H,23,24). The number of aromatic nitrogens is 2. The first-order chi connectivity index (χ1) is 12.0. The van der Waals surface area contributed by atoms with Crippen molar-refractivity contribution in [3.05, 3.63) is 29.5 Å². The van der Waals surface area contributed by atoms with Gasteiger partial charge in [-0.05, 0) is 55.9 Å². The molecule has 2 unspecified atom stereocenters. The number of aliphatic carboxylic acids is 2. The van der Waals surface area contributed by atoms with E-state index in [9.17, 15) is 14.7 Å². The van der Waals surface area contributed by atoms with Crippen molar-refractivity contribution in [3.63, 3.8) is 0 Å². The summed E-state index contributed by atoms with van der Waals surface area (Å²) in [5.74, 6) is -2.86. The summed E-state index contributed by atoms with van der Waals surface area (Å²) in [5, 5.41) is 23.8. The second-order valence-corrected chi connectivity index (χ2v) is 6.50. The number of benzene rings is 1. The number of carboxylic acids is 2. The Morgan fingerprint density at radius 2 is 2.16 bits per heavy atom. The molecule has 7 heteroatoms. The van der Waals surface area contributed by atoms with E-state index in [1.165, 1.54) is 0 Å². The average molecular weight is 346 g/mol. The van der Waals surface area contributed by atoms with Crippen LogP contribution in [-0.4, -0.2) is 38.5 Å². The molecule has 1 aliphatic rings. The smallest absolute Gasteiger partial charge is 0.310 e.